The first kappa shape index (κ1) is 23.4. The highest BCUT2D eigenvalue weighted by molar-refractivity contribution is 7.91. The third kappa shape index (κ3) is 5.98. The second-order valence-electron chi connectivity index (χ2n) is 7.89. The van der Waals surface area contributed by atoms with Crippen molar-refractivity contribution in [2.24, 2.45) is 0 Å². The third-order valence-electron chi connectivity index (χ3n) is 5.71. The Kier molecular flexibility index (Phi) is 7.42. The fourth-order valence-electron chi connectivity index (χ4n) is 3.75. The molecule has 1 aliphatic rings. The molecular weight excluding hydrogens is 458 g/mol. The van der Waals surface area contributed by atoms with Gasteiger partial charge in [-0.15, -0.1) is 11.3 Å². The number of carbonyl (C=O) groups excluding carboxylic acids is 1. The molecular formula is C24H27N3O4S2. The molecule has 174 valence electrons. The molecule has 7 nitrogen and oxygen atoms in total. The van der Waals surface area contributed by atoms with Gasteiger partial charge in [-0.3, -0.25) is 9.69 Å². The van der Waals surface area contributed by atoms with Gasteiger partial charge in [0.1, 0.15) is 10.8 Å². The van der Waals surface area contributed by atoms with Crippen LogP contribution in [0.3, 0.4) is 0 Å². The minimum Gasteiger partial charge on any atom is -0.497 e. The lowest BCUT2D eigenvalue weighted by Gasteiger charge is -2.34. The molecule has 0 aliphatic carbocycles. The molecule has 4 rings (SSSR count). The number of nitrogens with zero attached hydrogens (tertiary/aromatic N) is 3. The van der Waals surface area contributed by atoms with Crippen molar-refractivity contribution in [2.45, 2.75) is 17.9 Å². The Balaban J connectivity index is 1.25. The molecule has 3 aromatic rings. The van der Waals surface area contributed by atoms with Crippen LogP contribution in [0.2, 0.25) is 0 Å². The quantitative estimate of drug-likeness (QED) is 0.487. The van der Waals surface area contributed by atoms with Crippen molar-refractivity contribution in [1.82, 2.24) is 14.8 Å². The van der Waals surface area contributed by atoms with E-state index in [1.54, 1.807) is 53.7 Å². The molecule has 0 atom stereocenters. The lowest BCUT2D eigenvalue weighted by atomic mass is 10.2. The number of sulfone groups is 1. The SMILES string of the molecule is COc1ccc(-c2csc(CN3CCN(C(=O)CCS(=O)(=O)c4ccccc4)CC3)n2)cc1. The lowest BCUT2D eigenvalue weighted by Crippen LogP contribution is -2.48. The summed E-state index contributed by atoms with van der Waals surface area (Å²) >= 11 is 1.63. The molecule has 0 saturated carbocycles. The number of rotatable bonds is 8. The van der Waals surface area contributed by atoms with E-state index in [1.165, 1.54) is 0 Å². The van der Waals surface area contributed by atoms with Crippen LogP contribution in [0, 0.1) is 0 Å². The number of hydrogen-bond donors (Lipinski definition) is 0. The summed E-state index contributed by atoms with van der Waals surface area (Å²) in [7, 11) is -1.79. The molecule has 33 heavy (non-hydrogen) atoms. The number of carbonyl (C=O) groups is 1. The van der Waals surface area contributed by atoms with E-state index < -0.39 is 9.84 Å². The van der Waals surface area contributed by atoms with Crippen molar-refractivity contribution >= 4 is 27.1 Å². The maximum atomic E-state index is 12.6. The minimum absolute atomic E-state index is 0.00886. The number of benzene rings is 2. The van der Waals surface area contributed by atoms with Crippen LogP contribution in [0.15, 0.2) is 64.9 Å². The molecule has 1 saturated heterocycles. The average molecular weight is 486 g/mol. The maximum absolute atomic E-state index is 12.6. The van der Waals surface area contributed by atoms with E-state index in [4.69, 9.17) is 9.72 Å². The zero-order valence-corrected chi connectivity index (χ0v) is 20.1. The first-order valence-electron chi connectivity index (χ1n) is 10.8. The van der Waals surface area contributed by atoms with Gasteiger partial charge < -0.3 is 9.64 Å². The van der Waals surface area contributed by atoms with Gasteiger partial charge in [-0.1, -0.05) is 18.2 Å². The van der Waals surface area contributed by atoms with Crippen molar-refractivity contribution in [1.29, 1.82) is 0 Å². The largest absolute Gasteiger partial charge is 0.497 e. The van der Waals surface area contributed by atoms with Crippen molar-refractivity contribution in [3.05, 3.63) is 65.0 Å². The number of aromatic nitrogens is 1. The van der Waals surface area contributed by atoms with Crippen LogP contribution in [0.1, 0.15) is 11.4 Å². The van der Waals surface area contributed by atoms with Gasteiger partial charge in [-0.05, 0) is 36.4 Å². The highest BCUT2D eigenvalue weighted by Crippen LogP contribution is 2.25. The Labute approximate surface area is 198 Å². The zero-order chi connectivity index (χ0) is 23.3. The van der Waals surface area contributed by atoms with E-state index >= 15 is 0 Å². The van der Waals surface area contributed by atoms with Crippen molar-refractivity contribution in [3.63, 3.8) is 0 Å². The normalized spacial score (nSPS) is 14.9. The summed E-state index contributed by atoms with van der Waals surface area (Å²) in [5.41, 5.74) is 2.00. The van der Waals surface area contributed by atoms with E-state index in [-0.39, 0.29) is 23.0 Å². The molecule has 1 aromatic heterocycles. The number of hydrogen-bond acceptors (Lipinski definition) is 7. The summed E-state index contributed by atoms with van der Waals surface area (Å²) in [4.78, 5) is 21.6. The fraction of sp³-hybridized carbons (Fsp3) is 0.333. The van der Waals surface area contributed by atoms with E-state index in [2.05, 4.69) is 10.3 Å². The molecule has 0 unspecified atom stereocenters. The summed E-state index contributed by atoms with van der Waals surface area (Å²) in [5, 5.41) is 3.10. The number of piperazine rings is 1. The second kappa shape index (κ2) is 10.5. The van der Waals surface area contributed by atoms with Crippen LogP contribution in [0.5, 0.6) is 5.75 Å². The van der Waals surface area contributed by atoms with Gasteiger partial charge in [0.15, 0.2) is 9.84 Å². The Bertz CT molecular complexity index is 1170. The first-order valence-corrected chi connectivity index (χ1v) is 13.3. The van der Waals surface area contributed by atoms with Gasteiger partial charge in [0, 0.05) is 43.5 Å². The molecule has 9 heteroatoms. The van der Waals surface area contributed by atoms with E-state index in [0.29, 0.717) is 13.1 Å². The molecule has 2 aromatic carbocycles. The lowest BCUT2D eigenvalue weighted by molar-refractivity contribution is -0.132. The Morgan fingerprint density at radius 2 is 1.73 bits per heavy atom. The monoisotopic (exact) mass is 485 g/mol. The highest BCUT2D eigenvalue weighted by Gasteiger charge is 2.24. The van der Waals surface area contributed by atoms with Gasteiger partial charge >= 0.3 is 0 Å². The summed E-state index contributed by atoms with van der Waals surface area (Å²) in [6, 6.07) is 16.1. The number of ether oxygens (including phenoxy) is 1. The summed E-state index contributed by atoms with van der Waals surface area (Å²) in [6.45, 7) is 3.43. The van der Waals surface area contributed by atoms with Crippen LogP contribution >= 0.6 is 11.3 Å². The molecule has 0 spiro atoms. The molecule has 1 aliphatic heterocycles. The maximum Gasteiger partial charge on any atom is 0.223 e. The van der Waals surface area contributed by atoms with E-state index in [0.717, 1.165) is 41.6 Å². The minimum atomic E-state index is -3.44. The molecule has 0 N–H and O–H groups in total. The van der Waals surface area contributed by atoms with Crippen LogP contribution in [-0.2, 0) is 21.2 Å². The topological polar surface area (TPSA) is 79.8 Å². The molecule has 1 amide bonds. The van der Waals surface area contributed by atoms with Crippen LogP contribution in [-0.4, -0.2) is 68.2 Å². The molecule has 0 radical (unpaired) electrons. The van der Waals surface area contributed by atoms with Crippen molar-refractivity contribution in [3.8, 4) is 17.0 Å². The number of methoxy groups -OCH3 is 1. The number of thiazole rings is 1. The molecule has 2 heterocycles. The van der Waals surface area contributed by atoms with Crippen LogP contribution in [0.4, 0.5) is 0 Å². The van der Waals surface area contributed by atoms with Gasteiger partial charge in [0.2, 0.25) is 5.91 Å². The van der Waals surface area contributed by atoms with E-state index in [9.17, 15) is 13.2 Å². The van der Waals surface area contributed by atoms with Gasteiger partial charge in [0.25, 0.3) is 0 Å². The Morgan fingerprint density at radius 1 is 1.03 bits per heavy atom. The van der Waals surface area contributed by atoms with Crippen LogP contribution in [0.25, 0.3) is 11.3 Å². The second-order valence-corrected chi connectivity index (χ2v) is 10.9. The zero-order valence-electron chi connectivity index (χ0n) is 18.5. The van der Waals surface area contributed by atoms with Crippen molar-refractivity contribution in [2.75, 3.05) is 39.0 Å². The molecule has 0 bridgehead atoms. The van der Waals surface area contributed by atoms with Crippen LogP contribution < -0.4 is 4.74 Å². The van der Waals surface area contributed by atoms with E-state index in [1.807, 2.05) is 24.3 Å². The fourth-order valence-corrected chi connectivity index (χ4v) is 5.85. The summed E-state index contributed by atoms with van der Waals surface area (Å²) in [5.74, 6) is 0.549. The number of amides is 1. The predicted octanol–water partition coefficient (Wildman–Crippen LogP) is 3.33. The Hall–Kier alpha value is -2.75. The predicted molar refractivity (Wildman–Crippen MR) is 129 cm³/mol. The Morgan fingerprint density at radius 3 is 2.39 bits per heavy atom. The van der Waals surface area contributed by atoms with Gasteiger partial charge in [-0.25, -0.2) is 13.4 Å². The standard InChI is InChI=1S/C24H27N3O4S2/c1-31-20-9-7-19(8-10-20)22-18-32-23(25-22)17-26-12-14-27(15-13-26)24(28)11-16-33(29,30)21-5-3-2-4-6-21/h2-10,18H,11-17H2,1H3. The summed E-state index contributed by atoms with van der Waals surface area (Å²) in [6.07, 6.45) is 0.00886. The third-order valence-corrected chi connectivity index (χ3v) is 8.27. The van der Waals surface area contributed by atoms with Gasteiger partial charge in [-0.2, -0.15) is 0 Å². The average Bonchev–Trinajstić information content (AvgIpc) is 3.32. The van der Waals surface area contributed by atoms with Gasteiger partial charge in [0.05, 0.1) is 30.0 Å². The highest BCUT2D eigenvalue weighted by atomic mass is 32.2. The smallest absolute Gasteiger partial charge is 0.223 e. The first-order chi connectivity index (χ1) is 15.9. The summed E-state index contributed by atoms with van der Waals surface area (Å²) < 4.78 is 30.0. The molecule has 1 fully saturated rings. The van der Waals surface area contributed by atoms with Crippen molar-refractivity contribution < 1.29 is 17.9 Å².